The van der Waals surface area contributed by atoms with Crippen LogP contribution < -0.4 is 0 Å². The van der Waals surface area contributed by atoms with E-state index in [1.165, 1.54) is 25.7 Å². The third kappa shape index (κ3) is 6.62. The van der Waals surface area contributed by atoms with Gasteiger partial charge >= 0.3 is 0 Å². The highest BCUT2D eigenvalue weighted by Crippen LogP contribution is 2.32. The Morgan fingerprint density at radius 3 is 2.47 bits per heavy atom. The van der Waals surface area contributed by atoms with Gasteiger partial charge in [-0.2, -0.15) is 4.98 Å². The van der Waals surface area contributed by atoms with Crippen LogP contribution in [-0.4, -0.2) is 44.8 Å². The van der Waals surface area contributed by atoms with Gasteiger partial charge in [0.25, 0.3) is 0 Å². The van der Waals surface area contributed by atoms with Crippen molar-refractivity contribution >= 4 is 23.4 Å². The van der Waals surface area contributed by atoms with Crippen LogP contribution in [0.2, 0.25) is 5.02 Å². The van der Waals surface area contributed by atoms with Crippen LogP contribution in [0, 0.1) is 5.92 Å². The van der Waals surface area contributed by atoms with Gasteiger partial charge in [-0.1, -0.05) is 72.8 Å². The highest BCUT2D eigenvalue weighted by molar-refractivity contribution is 6.30. The van der Waals surface area contributed by atoms with Gasteiger partial charge < -0.3 is 14.3 Å². The largest absolute Gasteiger partial charge is 0.337 e. The molecule has 1 aliphatic heterocycles. The van der Waals surface area contributed by atoms with Crippen LogP contribution in [0.4, 0.5) is 0 Å². The lowest BCUT2D eigenvalue weighted by Gasteiger charge is -2.35. The molecule has 1 aromatic heterocycles. The molecule has 5 rings (SSSR count). The number of hydrogen-bond donors (Lipinski definition) is 0. The van der Waals surface area contributed by atoms with Crippen LogP contribution in [0.15, 0.2) is 59.1 Å². The highest BCUT2D eigenvalue weighted by Gasteiger charge is 2.33. The second-order valence-electron chi connectivity index (χ2n) is 10.5. The van der Waals surface area contributed by atoms with Crippen molar-refractivity contribution in [3.8, 4) is 11.4 Å². The Kier molecular flexibility index (Phi) is 8.74. The SMILES string of the molecule is O=C(CCC1CCCC1)N(CC(=O)N1CCCCC1c1nc(-c2ccc(Cl)cc2)no1)Cc1ccccc1. The molecule has 0 bridgehead atoms. The molecule has 2 heterocycles. The number of aromatic nitrogens is 2. The van der Waals surface area contributed by atoms with E-state index in [0.717, 1.165) is 36.8 Å². The fourth-order valence-electron chi connectivity index (χ4n) is 5.65. The number of hydrogen-bond acceptors (Lipinski definition) is 5. The number of amides is 2. The van der Waals surface area contributed by atoms with Crippen molar-refractivity contribution in [3.63, 3.8) is 0 Å². The fraction of sp³-hybridized carbons (Fsp3) is 0.467. The number of halogens is 1. The minimum absolute atomic E-state index is 0.0467. The van der Waals surface area contributed by atoms with E-state index in [4.69, 9.17) is 16.1 Å². The van der Waals surface area contributed by atoms with Crippen molar-refractivity contribution < 1.29 is 14.1 Å². The summed E-state index contributed by atoms with van der Waals surface area (Å²) in [4.78, 5) is 35.2. The van der Waals surface area contributed by atoms with Gasteiger partial charge in [-0.15, -0.1) is 0 Å². The molecule has 7 nitrogen and oxygen atoms in total. The lowest BCUT2D eigenvalue weighted by atomic mass is 10.0. The van der Waals surface area contributed by atoms with E-state index in [9.17, 15) is 9.59 Å². The summed E-state index contributed by atoms with van der Waals surface area (Å²) in [7, 11) is 0. The summed E-state index contributed by atoms with van der Waals surface area (Å²) in [6, 6.07) is 16.9. The van der Waals surface area contributed by atoms with Crippen molar-refractivity contribution in [2.45, 2.75) is 70.4 Å². The maximum Gasteiger partial charge on any atom is 0.249 e. The first-order valence-corrected chi connectivity index (χ1v) is 14.2. The molecule has 3 aromatic rings. The number of piperidine rings is 1. The molecule has 200 valence electrons. The van der Waals surface area contributed by atoms with Crippen LogP contribution in [-0.2, 0) is 16.1 Å². The molecule has 1 unspecified atom stereocenters. The van der Waals surface area contributed by atoms with Crippen molar-refractivity contribution in [1.29, 1.82) is 0 Å². The Hall–Kier alpha value is -3.19. The smallest absolute Gasteiger partial charge is 0.249 e. The monoisotopic (exact) mass is 534 g/mol. The first kappa shape index (κ1) is 26.4. The second-order valence-corrected chi connectivity index (χ2v) is 10.9. The maximum atomic E-state index is 13.7. The van der Waals surface area contributed by atoms with Gasteiger partial charge in [0.05, 0.1) is 0 Å². The molecule has 0 radical (unpaired) electrons. The van der Waals surface area contributed by atoms with Gasteiger partial charge in [-0.3, -0.25) is 9.59 Å². The van der Waals surface area contributed by atoms with Gasteiger partial charge in [0.1, 0.15) is 12.6 Å². The number of rotatable bonds is 9. The van der Waals surface area contributed by atoms with E-state index >= 15 is 0 Å². The molecule has 1 saturated carbocycles. The Morgan fingerprint density at radius 2 is 1.71 bits per heavy atom. The average molecular weight is 535 g/mol. The van der Waals surface area contributed by atoms with Crippen molar-refractivity contribution in [3.05, 3.63) is 71.1 Å². The highest BCUT2D eigenvalue weighted by atomic mass is 35.5. The fourth-order valence-corrected chi connectivity index (χ4v) is 5.77. The minimum atomic E-state index is -0.294. The molecule has 2 aromatic carbocycles. The number of benzene rings is 2. The minimum Gasteiger partial charge on any atom is -0.337 e. The van der Waals surface area contributed by atoms with Gasteiger partial charge in [-0.25, -0.2) is 0 Å². The molecule has 1 atom stereocenters. The first-order valence-electron chi connectivity index (χ1n) is 13.8. The third-order valence-electron chi connectivity index (χ3n) is 7.79. The maximum absolute atomic E-state index is 13.7. The summed E-state index contributed by atoms with van der Waals surface area (Å²) in [5.41, 5.74) is 1.83. The molecular weight excluding hydrogens is 500 g/mol. The Morgan fingerprint density at radius 1 is 0.974 bits per heavy atom. The molecule has 8 heteroatoms. The second kappa shape index (κ2) is 12.6. The topological polar surface area (TPSA) is 79.5 Å². The summed E-state index contributed by atoms with van der Waals surface area (Å²) >= 11 is 6.01. The Labute approximate surface area is 229 Å². The normalized spacial score (nSPS) is 18.0. The summed E-state index contributed by atoms with van der Waals surface area (Å²) in [5.74, 6) is 1.51. The predicted octanol–water partition coefficient (Wildman–Crippen LogP) is 6.44. The summed E-state index contributed by atoms with van der Waals surface area (Å²) < 4.78 is 5.64. The lowest BCUT2D eigenvalue weighted by molar-refractivity contribution is -0.144. The first-order chi connectivity index (χ1) is 18.6. The Bertz CT molecular complexity index is 1210. The van der Waals surface area contributed by atoms with Crippen molar-refractivity contribution in [2.24, 2.45) is 5.92 Å². The molecule has 38 heavy (non-hydrogen) atoms. The van der Waals surface area contributed by atoms with E-state index in [1.807, 2.05) is 47.4 Å². The van der Waals surface area contributed by atoms with Gasteiger partial charge in [0, 0.05) is 30.1 Å². The zero-order chi connectivity index (χ0) is 26.3. The number of carbonyl (C=O) groups excluding carboxylic acids is 2. The van der Waals surface area contributed by atoms with Gasteiger partial charge in [-0.05, 0) is 61.4 Å². The number of carbonyl (C=O) groups is 2. The van der Waals surface area contributed by atoms with Crippen LogP contribution in [0.5, 0.6) is 0 Å². The summed E-state index contributed by atoms with van der Waals surface area (Å²) in [6.45, 7) is 1.08. The number of nitrogens with zero attached hydrogens (tertiary/aromatic N) is 4. The summed E-state index contributed by atoms with van der Waals surface area (Å²) in [6.07, 6.45) is 8.97. The molecule has 1 aliphatic carbocycles. The molecule has 2 aliphatic rings. The lowest BCUT2D eigenvalue weighted by Crippen LogP contribution is -2.45. The molecule has 2 fully saturated rings. The molecule has 2 amide bonds. The average Bonchev–Trinajstić information content (AvgIpc) is 3.65. The van der Waals surface area contributed by atoms with Crippen LogP contribution >= 0.6 is 11.6 Å². The molecule has 1 saturated heterocycles. The standard InChI is InChI=1S/C30H35ClN4O3/c31-25-16-14-24(15-17-25)29-32-30(38-33-29)26-12-6-7-19-35(26)28(37)21-34(20-23-10-2-1-3-11-23)27(36)18-13-22-8-4-5-9-22/h1-3,10-11,14-17,22,26H,4-9,12-13,18-21H2. The zero-order valence-corrected chi connectivity index (χ0v) is 22.5. The van der Waals surface area contributed by atoms with Crippen LogP contribution in [0.1, 0.15) is 75.3 Å². The number of likely N-dealkylation sites (tertiary alicyclic amines) is 1. The van der Waals surface area contributed by atoms with Gasteiger partial charge in [0.15, 0.2) is 0 Å². The van der Waals surface area contributed by atoms with E-state index in [-0.39, 0.29) is 24.4 Å². The Balaban J connectivity index is 1.29. The van der Waals surface area contributed by atoms with E-state index < -0.39 is 0 Å². The summed E-state index contributed by atoms with van der Waals surface area (Å²) in [5, 5.41) is 4.80. The van der Waals surface area contributed by atoms with Crippen LogP contribution in [0.25, 0.3) is 11.4 Å². The van der Waals surface area contributed by atoms with Crippen LogP contribution in [0.3, 0.4) is 0 Å². The quantitative estimate of drug-likeness (QED) is 0.315. The zero-order valence-electron chi connectivity index (χ0n) is 21.7. The van der Waals surface area contributed by atoms with Crippen molar-refractivity contribution in [2.75, 3.05) is 13.1 Å². The third-order valence-corrected chi connectivity index (χ3v) is 8.04. The van der Waals surface area contributed by atoms with Gasteiger partial charge in [0.2, 0.25) is 23.5 Å². The molecule has 0 N–H and O–H groups in total. The predicted molar refractivity (Wildman–Crippen MR) is 146 cm³/mol. The van der Waals surface area contributed by atoms with E-state index in [2.05, 4.69) is 10.1 Å². The van der Waals surface area contributed by atoms with E-state index in [0.29, 0.717) is 42.2 Å². The van der Waals surface area contributed by atoms with Crippen molar-refractivity contribution in [1.82, 2.24) is 19.9 Å². The molecule has 0 spiro atoms. The molecular formula is C30H35ClN4O3. The van der Waals surface area contributed by atoms with E-state index in [1.54, 1.807) is 17.0 Å².